The number of anilines is 2. The molecule has 0 radical (unpaired) electrons. The van der Waals surface area contributed by atoms with Gasteiger partial charge < -0.3 is 19.4 Å². The fraction of sp³-hybridized carbons (Fsp3) is 0.609. The molecule has 1 N–H and O–H groups in total. The summed E-state index contributed by atoms with van der Waals surface area (Å²) >= 11 is 0. The molecule has 6 rings (SSSR count). The Morgan fingerprint density at radius 3 is 2.69 bits per heavy atom. The van der Waals surface area contributed by atoms with Crippen LogP contribution in [0.4, 0.5) is 11.8 Å². The lowest BCUT2D eigenvalue weighted by molar-refractivity contribution is 0.0903. The molecule has 1 aliphatic carbocycles. The normalized spacial score (nSPS) is 23.9. The van der Waals surface area contributed by atoms with Crippen molar-refractivity contribution in [3.8, 4) is 0 Å². The molecule has 4 aliphatic rings. The van der Waals surface area contributed by atoms with Gasteiger partial charge in [-0.05, 0) is 44.6 Å². The first-order valence-corrected chi connectivity index (χ1v) is 13.1. The van der Waals surface area contributed by atoms with Gasteiger partial charge in [-0.3, -0.25) is 4.21 Å². The largest absolute Gasteiger partial charge is 0.441 e. The van der Waals surface area contributed by atoms with Crippen LogP contribution in [0.25, 0.3) is 6.08 Å². The van der Waals surface area contributed by atoms with Crippen molar-refractivity contribution >= 4 is 28.6 Å². The third-order valence-electron chi connectivity index (χ3n) is 6.93. The van der Waals surface area contributed by atoms with Crippen LogP contribution < -0.4 is 10.2 Å². The lowest BCUT2D eigenvalue weighted by atomic mass is 9.97. The van der Waals surface area contributed by atoms with E-state index in [0.29, 0.717) is 17.7 Å². The Kier molecular flexibility index (Phi) is 5.46. The monoisotopic (exact) mass is 455 g/mol. The van der Waals surface area contributed by atoms with E-state index in [0.717, 1.165) is 111 Å². The molecule has 170 valence electrons. The van der Waals surface area contributed by atoms with Crippen molar-refractivity contribution in [3.63, 3.8) is 0 Å². The molecule has 8 nitrogen and oxygen atoms in total. The minimum absolute atomic E-state index is 0.309. The molecule has 2 fully saturated rings. The fourth-order valence-corrected chi connectivity index (χ4v) is 6.38. The van der Waals surface area contributed by atoms with Gasteiger partial charge in [0.15, 0.2) is 5.89 Å². The van der Waals surface area contributed by atoms with E-state index in [1.165, 1.54) is 0 Å². The number of hydrogen-bond donors (Lipinski definition) is 1. The van der Waals surface area contributed by atoms with Crippen LogP contribution in [-0.4, -0.2) is 57.3 Å². The molecule has 0 aromatic carbocycles. The summed E-state index contributed by atoms with van der Waals surface area (Å²) in [5.41, 5.74) is 2.04. The van der Waals surface area contributed by atoms with E-state index >= 15 is 0 Å². The van der Waals surface area contributed by atoms with Crippen LogP contribution in [0.2, 0.25) is 0 Å². The molecule has 0 amide bonds. The Bertz CT molecular complexity index is 1050. The summed E-state index contributed by atoms with van der Waals surface area (Å²) in [5, 5.41) is 3.57. The fourth-order valence-electron chi connectivity index (χ4n) is 5.06. The maximum atomic E-state index is 12.6. The molecule has 1 atom stereocenters. The van der Waals surface area contributed by atoms with Crippen molar-refractivity contribution in [2.24, 2.45) is 0 Å². The van der Waals surface area contributed by atoms with E-state index in [9.17, 15) is 4.21 Å². The van der Waals surface area contributed by atoms with Crippen molar-refractivity contribution in [1.29, 1.82) is 0 Å². The van der Waals surface area contributed by atoms with Gasteiger partial charge in [-0.15, -0.1) is 0 Å². The van der Waals surface area contributed by atoms with Crippen LogP contribution in [0.3, 0.4) is 0 Å². The van der Waals surface area contributed by atoms with Gasteiger partial charge >= 0.3 is 0 Å². The minimum Gasteiger partial charge on any atom is -0.441 e. The third-order valence-corrected chi connectivity index (χ3v) is 8.39. The van der Waals surface area contributed by atoms with Gasteiger partial charge in [-0.2, -0.15) is 4.98 Å². The number of nitrogens with zero attached hydrogens (tertiary/aromatic N) is 4. The molecular weight excluding hydrogens is 426 g/mol. The molecule has 3 aliphatic heterocycles. The smallest absolute Gasteiger partial charge is 0.227 e. The molecule has 0 spiro atoms. The average molecular weight is 456 g/mol. The number of hydrogen-bond acceptors (Lipinski definition) is 8. The number of oxazole rings is 1. The van der Waals surface area contributed by atoms with Gasteiger partial charge in [0.2, 0.25) is 5.95 Å². The first-order valence-electron chi connectivity index (χ1n) is 11.8. The summed E-state index contributed by atoms with van der Waals surface area (Å²) in [7, 11) is -1.02. The zero-order chi connectivity index (χ0) is 21.5. The van der Waals surface area contributed by atoms with Crippen molar-refractivity contribution in [1.82, 2.24) is 15.0 Å². The summed E-state index contributed by atoms with van der Waals surface area (Å²) < 4.78 is 24.2. The first kappa shape index (κ1) is 20.4. The van der Waals surface area contributed by atoms with Crippen molar-refractivity contribution in [2.45, 2.75) is 61.8 Å². The van der Waals surface area contributed by atoms with Crippen LogP contribution in [0.5, 0.6) is 0 Å². The molecule has 1 unspecified atom stereocenters. The highest BCUT2D eigenvalue weighted by molar-refractivity contribution is 7.85. The summed E-state index contributed by atoms with van der Waals surface area (Å²) in [6.07, 6.45) is 10.8. The van der Waals surface area contributed by atoms with Crippen molar-refractivity contribution < 1.29 is 13.4 Å². The second-order valence-electron chi connectivity index (χ2n) is 9.04. The lowest BCUT2D eigenvalue weighted by Crippen LogP contribution is -2.35. The van der Waals surface area contributed by atoms with E-state index in [1.54, 1.807) is 0 Å². The Labute approximate surface area is 190 Å². The second kappa shape index (κ2) is 8.59. The molecule has 2 aromatic heterocycles. The van der Waals surface area contributed by atoms with Crippen LogP contribution in [0.15, 0.2) is 15.4 Å². The van der Waals surface area contributed by atoms with Crippen molar-refractivity contribution in [3.05, 3.63) is 29.1 Å². The SMILES string of the molecule is O=S1CCc2nc(N3CCC(c4nc5c(o4)C=CCC5)CC3)nc(NC3CCOCC3)c21. The quantitative estimate of drug-likeness (QED) is 0.752. The molecule has 0 bridgehead atoms. The van der Waals surface area contributed by atoms with Gasteiger partial charge in [-0.25, -0.2) is 9.97 Å². The Morgan fingerprint density at radius 2 is 1.88 bits per heavy atom. The molecule has 0 saturated carbocycles. The highest BCUT2D eigenvalue weighted by atomic mass is 32.2. The summed E-state index contributed by atoms with van der Waals surface area (Å²) in [4.78, 5) is 17.6. The predicted octanol–water partition coefficient (Wildman–Crippen LogP) is 3.06. The minimum atomic E-state index is -1.02. The predicted molar refractivity (Wildman–Crippen MR) is 123 cm³/mol. The Morgan fingerprint density at radius 1 is 1.03 bits per heavy atom. The molecular formula is C23H29N5O3S. The maximum absolute atomic E-state index is 12.6. The van der Waals surface area contributed by atoms with Crippen LogP contribution >= 0.6 is 0 Å². The zero-order valence-electron chi connectivity index (χ0n) is 18.2. The average Bonchev–Trinajstić information content (AvgIpc) is 3.44. The van der Waals surface area contributed by atoms with E-state index in [1.807, 2.05) is 0 Å². The summed E-state index contributed by atoms with van der Waals surface area (Å²) in [6, 6.07) is 0.309. The Balaban J connectivity index is 1.19. The summed E-state index contributed by atoms with van der Waals surface area (Å²) in [6.45, 7) is 3.25. The number of aromatic nitrogens is 3. The molecule has 32 heavy (non-hydrogen) atoms. The topological polar surface area (TPSA) is 93.4 Å². The molecule has 2 saturated heterocycles. The molecule has 5 heterocycles. The highest BCUT2D eigenvalue weighted by Crippen LogP contribution is 2.35. The number of aryl methyl sites for hydroxylation is 2. The standard InChI is InChI=1S/C23H29N5O3S/c29-32-14-9-18-20(32)21(24-16-7-12-30-13-8-16)27-23(26-18)28-10-5-15(6-11-28)22-25-17-3-1-2-4-19(17)31-22/h2,4,15-16H,1,3,5-14H2,(H,24,26,27). The lowest BCUT2D eigenvalue weighted by Gasteiger charge is -2.31. The van der Waals surface area contributed by atoms with E-state index in [2.05, 4.69) is 22.4 Å². The van der Waals surface area contributed by atoms with Gasteiger partial charge in [0.1, 0.15) is 16.5 Å². The van der Waals surface area contributed by atoms with Crippen LogP contribution in [0.1, 0.15) is 61.1 Å². The zero-order valence-corrected chi connectivity index (χ0v) is 19.0. The van der Waals surface area contributed by atoms with Crippen LogP contribution in [-0.2, 0) is 28.4 Å². The first-order chi connectivity index (χ1) is 15.7. The molecule has 2 aromatic rings. The van der Waals surface area contributed by atoms with E-state index < -0.39 is 10.8 Å². The second-order valence-corrected chi connectivity index (χ2v) is 10.6. The van der Waals surface area contributed by atoms with E-state index in [-0.39, 0.29) is 0 Å². The maximum Gasteiger partial charge on any atom is 0.227 e. The number of rotatable bonds is 4. The third kappa shape index (κ3) is 3.85. The van der Waals surface area contributed by atoms with Crippen LogP contribution in [0, 0.1) is 0 Å². The number of ether oxygens (including phenoxy) is 1. The van der Waals surface area contributed by atoms with Gasteiger partial charge in [0, 0.05) is 50.4 Å². The Hall–Kier alpha value is -2.26. The van der Waals surface area contributed by atoms with Gasteiger partial charge in [0.05, 0.1) is 22.2 Å². The van der Waals surface area contributed by atoms with Gasteiger partial charge in [-0.1, -0.05) is 6.08 Å². The number of allylic oxidation sites excluding steroid dienone is 1. The number of piperidine rings is 1. The van der Waals surface area contributed by atoms with Crippen molar-refractivity contribution in [2.75, 3.05) is 42.3 Å². The van der Waals surface area contributed by atoms with E-state index in [4.69, 9.17) is 24.1 Å². The summed E-state index contributed by atoms with van der Waals surface area (Å²) in [5.74, 6) is 4.32. The van der Waals surface area contributed by atoms with Gasteiger partial charge in [0.25, 0.3) is 0 Å². The molecule has 9 heteroatoms. The highest BCUT2D eigenvalue weighted by Gasteiger charge is 2.31. The number of nitrogens with one attached hydrogen (secondary N) is 1. The number of fused-ring (bicyclic) bond motifs is 2.